The Balaban J connectivity index is 1.91. The lowest BCUT2D eigenvalue weighted by molar-refractivity contribution is 0.0951. The van der Waals surface area contributed by atoms with Gasteiger partial charge in [-0.05, 0) is 54.1 Å². The van der Waals surface area contributed by atoms with Gasteiger partial charge >= 0.3 is 0 Å². The summed E-state index contributed by atoms with van der Waals surface area (Å²) in [6, 6.07) is 9.76. The number of rotatable bonds is 7. The van der Waals surface area contributed by atoms with E-state index in [0.717, 1.165) is 25.1 Å². The van der Waals surface area contributed by atoms with Crippen LogP contribution < -0.4 is 10.6 Å². The molecule has 0 radical (unpaired) electrons. The molecule has 2 aromatic rings. The van der Waals surface area contributed by atoms with Crippen molar-refractivity contribution in [1.82, 2.24) is 5.32 Å². The smallest absolute Gasteiger partial charge is 0.251 e. The van der Waals surface area contributed by atoms with E-state index in [1.807, 2.05) is 24.3 Å². The number of hydrogen-bond acceptors (Lipinski definition) is 3. The van der Waals surface area contributed by atoms with Crippen molar-refractivity contribution in [2.75, 3.05) is 11.9 Å². The van der Waals surface area contributed by atoms with Crippen LogP contribution in [-0.4, -0.2) is 12.5 Å². The molecule has 1 amide bonds. The maximum atomic E-state index is 12.1. The van der Waals surface area contributed by atoms with E-state index in [0.29, 0.717) is 12.1 Å². The molecule has 0 aliphatic rings. The normalized spacial score (nSPS) is 10.4. The first-order valence-corrected chi connectivity index (χ1v) is 8.30. The van der Waals surface area contributed by atoms with Gasteiger partial charge in [-0.25, -0.2) is 0 Å². The van der Waals surface area contributed by atoms with Crippen LogP contribution in [-0.2, 0) is 13.0 Å². The fourth-order valence-corrected chi connectivity index (χ4v) is 3.02. The molecule has 0 saturated carbocycles. The summed E-state index contributed by atoms with van der Waals surface area (Å²) in [6.45, 7) is 5.82. The highest BCUT2D eigenvalue weighted by molar-refractivity contribution is 7.10. The predicted octanol–water partition coefficient (Wildman–Crippen LogP) is 4.06. The van der Waals surface area contributed by atoms with Crippen LogP contribution in [0.25, 0.3) is 0 Å². The molecule has 21 heavy (non-hydrogen) atoms. The lowest BCUT2D eigenvalue weighted by Gasteiger charge is -2.08. The summed E-state index contributed by atoms with van der Waals surface area (Å²) in [4.78, 5) is 13.4. The Morgan fingerprint density at radius 1 is 1.14 bits per heavy atom. The lowest BCUT2D eigenvalue weighted by Crippen LogP contribution is -2.22. The lowest BCUT2D eigenvalue weighted by atomic mass is 10.2. The molecule has 0 atom stereocenters. The molecule has 1 aromatic carbocycles. The second-order valence-corrected chi connectivity index (χ2v) is 5.91. The van der Waals surface area contributed by atoms with Gasteiger partial charge in [-0.1, -0.05) is 13.8 Å². The molecule has 112 valence electrons. The van der Waals surface area contributed by atoms with Crippen LogP contribution in [0.3, 0.4) is 0 Å². The third kappa shape index (κ3) is 4.33. The molecule has 2 rings (SSSR count). The molecule has 0 unspecified atom stereocenters. The minimum Gasteiger partial charge on any atom is -0.385 e. The molecule has 1 aromatic heterocycles. The van der Waals surface area contributed by atoms with E-state index in [-0.39, 0.29) is 5.91 Å². The van der Waals surface area contributed by atoms with Crippen LogP contribution in [0.4, 0.5) is 5.69 Å². The third-order valence-electron chi connectivity index (χ3n) is 3.35. The van der Waals surface area contributed by atoms with Gasteiger partial charge in [0.1, 0.15) is 0 Å². The zero-order valence-electron chi connectivity index (χ0n) is 12.6. The Hall–Kier alpha value is -1.81. The molecule has 0 fully saturated rings. The number of hydrogen-bond donors (Lipinski definition) is 2. The summed E-state index contributed by atoms with van der Waals surface area (Å²) >= 11 is 1.70. The Morgan fingerprint density at radius 2 is 1.90 bits per heavy atom. The van der Waals surface area contributed by atoms with Gasteiger partial charge in [0.05, 0.1) is 6.54 Å². The highest BCUT2D eigenvalue weighted by Crippen LogP contribution is 2.17. The van der Waals surface area contributed by atoms with Gasteiger partial charge in [0.15, 0.2) is 0 Å². The highest BCUT2D eigenvalue weighted by Gasteiger charge is 2.07. The largest absolute Gasteiger partial charge is 0.385 e. The van der Waals surface area contributed by atoms with Crippen molar-refractivity contribution in [2.45, 2.75) is 33.2 Å². The summed E-state index contributed by atoms with van der Waals surface area (Å²) in [5, 5.41) is 8.37. The molecule has 3 nitrogen and oxygen atoms in total. The van der Waals surface area contributed by atoms with Crippen LogP contribution in [0, 0.1) is 0 Å². The van der Waals surface area contributed by atoms with Crippen molar-refractivity contribution in [3.63, 3.8) is 0 Å². The molecule has 2 N–H and O–H groups in total. The quantitative estimate of drug-likeness (QED) is 0.809. The second-order valence-electron chi connectivity index (χ2n) is 4.91. The standard InChI is InChI=1S/C17H22N2OS/c1-3-10-18-15-7-5-14(6-8-15)17(20)19-12-16-13(4-2)9-11-21-16/h5-9,11,18H,3-4,10,12H2,1-2H3,(H,19,20). The van der Waals surface area contributed by atoms with Gasteiger partial charge in [0, 0.05) is 22.7 Å². The highest BCUT2D eigenvalue weighted by atomic mass is 32.1. The third-order valence-corrected chi connectivity index (χ3v) is 4.32. The van der Waals surface area contributed by atoms with Crippen LogP contribution in [0.5, 0.6) is 0 Å². The molecule has 0 saturated heterocycles. The molecule has 1 heterocycles. The first-order chi connectivity index (χ1) is 10.2. The van der Waals surface area contributed by atoms with E-state index in [1.165, 1.54) is 10.4 Å². The van der Waals surface area contributed by atoms with Crippen molar-refractivity contribution in [2.24, 2.45) is 0 Å². The predicted molar refractivity (Wildman–Crippen MR) is 90.1 cm³/mol. The van der Waals surface area contributed by atoms with Gasteiger partial charge in [0.2, 0.25) is 0 Å². The molecule has 0 spiro atoms. The fourth-order valence-electron chi connectivity index (χ4n) is 2.11. The van der Waals surface area contributed by atoms with E-state index in [1.54, 1.807) is 11.3 Å². The Bertz CT molecular complexity index is 575. The zero-order chi connectivity index (χ0) is 15.1. The number of anilines is 1. The van der Waals surface area contributed by atoms with E-state index in [9.17, 15) is 4.79 Å². The maximum Gasteiger partial charge on any atom is 0.251 e. The van der Waals surface area contributed by atoms with E-state index in [4.69, 9.17) is 0 Å². The zero-order valence-corrected chi connectivity index (χ0v) is 13.4. The molecular formula is C17H22N2OS. The van der Waals surface area contributed by atoms with Crippen LogP contribution in [0.1, 0.15) is 41.1 Å². The summed E-state index contributed by atoms with van der Waals surface area (Å²) in [5.41, 5.74) is 3.07. The van der Waals surface area contributed by atoms with Crippen molar-refractivity contribution < 1.29 is 4.79 Å². The Morgan fingerprint density at radius 3 is 2.57 bits per heavy atom. The van der Waals surface area contributed by atoms with E-state index >= 15 is 0 Å². The van der Waals surface area contributed by atoms with E-state index in [2.05, 4.69) is 35.9 Å². The monoisotopic (exact) mass is 302 g/mol. The van der Waals surface area contributed by atoms with E-state index < -0.39 is 0 Å². The number of carbonyl (C=O) groups is 1. The summed E-state index contributed by atoms with van der Waals surface area (Å²) in [7, 11) is 0. The average Bonchev–Trinajstić information content (AvgIpc) is 2.98. The fraction of sp³-hybridized carbons (Fsp3) is 0.353. The number of thiophene rings is 1. The number of benzene rings is 1. The Kier molecular flexibility index (Phi) is 5.81. The topological polar surface area (TPSA) is 41.1 Å². The van der Waals surface area contributed by atoms with Crippen molar-refractivity contribution in [3.05, 3.63) is 51.7 Å². The van der Waals surface area contributed by atoms with Crippen molar-refractivity contribution >= 4 is 22.9 Å². The minimum atomic E-state index is -0.0208. The molecule has 0 aliphatic carbocycles. The SMILES string of the molecule is CCCNc1ccc(C(=O)NCc2sccc2CC)cc1. The van der Waals surface area contributed by atoms with Crippen LogP contribution >= 0.6 is 11.3 Å². The molecule has 4 heteroatoms. The number of aryl methyl sites for hydroxylation is 1. The van der Waals surface area contributed by atoms with Crippen molar-refractivity contribution in [1.29, 1.82) is 0 Å². The summed E-state index contributed by atoms with van der Waals surface area (Å²) in [5.74, 6) is -0.0208. The van der Waals surface area contributed by atoms with Gasteiger partial charge in [-0.3, -0.25) is 4.79 Å². The summed E-state index contributed by atoms with van der Waals surface area (Å²) < 4.78 is 0. The van der Waals surface area contributed by atoms with Crippen LogP contribution in [0.2, 0.25) is 0 Å². The average molecular weight is 302 g/mol. The molecular weight excluding hydrogens is 280 g/mol. The van der Waals surface area contributed by atoms with Gasteiger partial charge in [-0.2, -0.15) is 0 Å². The number of carbonyl (C=O) groups excluding carboxylic acids is 1. The van der Waals surface area contributed by atoms with Gasteiger partial charge in [-0.15, -0.1) is 11.3 Å². The number of amides is 1. The Labute approximate surface area is 130 Å². The minimum absolute atomic E-state index is 0.0208. The molecule has 0 aliphatic heterocycles. The van der Waals surface area contributed by atoms with Gasteiger partial charge in [0.25, 0.3) is 5.91 Å². The first-order valence-electron chi connectivity index (χ1n) is 7.42. The van der Waals surface area contributed by atoms with Crippen molar-refractivity contribution in [3.8, 4) is 0 Å². The van der Waals surface area contributed by atoms with Gasteiger partial charge < -0.3 is 10.6 Å². The molecule has 0 bridgehead atoms. The summed E-state index contributed by atoms with van der Waals surface area (Å²) in [6.07, 6.45) is 2.09. The second kappa shape index (κ2) is 7.84. The maximum absolute atomic E-state index is 12.1. The number of nitrogens with one attached hydrogen (secondary N) is 2. The van der Waals surface area contributed by atoms with Crippen LogP contribution in [0.15, 0.2) is 35.7 Å². The first kappa shape index (κ1) is 15.6.